The van der Waals surface area contributed by atoms with Crippen molar-refractivity contribution >= 4 is 39.8 Å². The molecule has 96 valence electrons. The molecule has 1 aliphatic rings. The molecule has 2 atom stereocenters. The Kier molecular flexibility index (Phi) is 6.61. The van der Waals surface area contributed by atoms with Gasteiger partial charge in [-0.3, -0.25) is 4.99 Å². The highest BCUT2D eigenvalue weighted by Crippen LogP contribution is 2.28. The summed E-state index contributed by atoms with van der Waals surface area (Å²) in [7, 11) is -1.21. The molecular formula is C9H20IN3O2S. The summed E-state index contributed by atoms with van der Waals surface area (Å²) in [6.45, 7) is 2.57. The highest BCUT2D eigenvalue weighted by Gasteiger charge is 2.33. The monoisotopic (exact) mass is 361 g/mol. The van der Waals surface area contributed by atoms with Crippen LogP contribution in [0, 0.1) is 5.92 Å². The third kappa shape index (κ3) is 6.51. The van der Waals surface area contributed by atoms with Gasteiger partial charge in [-0.15, -0.1) is 24.0 Å². The lowest BCUT2D eigenvalue weighted by molar-refractivity contribution is 0.600. The van der Waals surface area contributed by atoms with Crippen LogP contribution in [-0.4, -0.2) is 46.0 Å². The van der Waals surface area contributed by atoms with E-state index in [0.717, 1.165) is 6.42 Å². The van der Waals surface area contributed by atoms with Gasteiger partial charge >= 0.3 is 0 Å². The van der Waals surface area contributed by atoms with Crippen LogP contribution in [-0.2, 0) is 9.84 Å². The van der Waals surface area contributed by atoms with Crippen molar-refractivity contribution in [2.75, 3.05) is 25.6 Å². The fourth-order valence-corrected chi connectivity index (χ4v) is 1.72. The van der Waals surface area contributed by atoms with E-state index in [2.05, 4.69) is 22.5 Å². The molecule has 0 aliphatic heterocycles. The number of hydrogen-bond donors (Lipinski definition) is 2. The molecule has 0 aromatic rings. The van der Waals surface area contributed by atoms with Crippen LogP contribution in [0.2, 0.25) is 0 Å². The summed E-state index contributed by atoms with van der Waals surface area (Å²) in [5, 5.41) is 6.20. The van der Waals surface area contributed by atoms with E-state index >= 15 is 0 Å². The fourth-order valence-electron chi connectivity index (χ4n) is 1.25. The van der Waals surface area contributed by atoms with Crippen molar-refractivity contribution in [3.05, 3.63) is 0 Å². The molecule has 0 bridgehead atoms. The van der Waals surface area contributed by atoms with Crippen LogP contribution in [0.1, 0.15) is 13.3 Å². The fraction of sp³-hybridized carbons (Fsp3) is 0.889. The molecule has 0 aromatic heterocycles. The smallest absolute Gasteiger partial charge is 0.191 e. The first-order chi connectivity index (χ1) is 6.92. The van der Waals surface area contributed by atoms with Crippen LogP contribution >= 0.6 is 24.0 Å². The zero-order valence-electron chi connectivity index (χ0n) is 9.86. The second-order valence-corrected chi connectivity index (χ2v) is 6.35. The second-order valence-electron chi connectivity index (χ2n) is 4.09. The molecule has 5 nitrogen and oxygen atoms in total. The summed E-state index contributed by atoms with van der Waals surface area (Å²) >= 11 is 0. The Balaban J connectivity index is 0.00000225. The van der Waals surface area contributed by atoms with Crippen molar-refractivity contribution in [3.8, 4) is 0 Å². The van der Waals surface area contributed by atoms with Crippen LogP contribution in [0.3, 0.4) is 0 Å². The summed E-state index contributed by atoms with van der Waals surface area (Å²) in [6.07, 6.45) is 2.39. The molecule has 1 rings (SSSR count). The molecule has 1 fully saturated rings. The van der Waals surface area contributed by atoms with Crippen molar-refractivity contribution in [3.63, 3.8) is 0 Å². The zero-order valence-corrected chi connectivity index (χ0v) is 13.0. The molecule has 0 radical (unpaired) electrons. The van der Waals surface area contributed by atoms with Gasteiger partial charge in [0.2, 0.25) is 0 Å². The van der Waals surface area contributed by atoms with Crippen LogP contribution in [0.4, 0.5) is 0 Å². The predicted molar refractivity (Wildman–Crippen MR) is 77.2 cm³/mol. The summed E-state index contributed by atoms with van der Waals surface area (Å²) in [5.74, 6) is 1.51. The topological polar surface area (TPSA) is 70.6 Å². The average Bonchev–Trinajstić information content (AvgIpc) is 2.78. The lowest BCUT2D eigenvalue weighted by atomic mass is 10.5. The van der Waals surface area contributed by atoms with Crippen molar-refractivity contribution < 1.29 is 8.42 Å². The Morgan fingerprint density at radius 1 is 1.50 bits per heavy atom. The van der Waals surface area contributed by atoms with Crippen LogP contribution in [0.25, 0.3) is 0 Å². The van der Waals surface area contributed by atoms with Gasteiger partial charge in [0, 0.05) is 25.9 Å². The largest absolute Gasteiger partial charge is 0.355 e. The predicted octanol–water partition coefficient (Wildman–Crippen LogP) is 0.222. The van der Waals surface area contributed by atoms with Crippen LogP contribution in [0.15, 0.2) is 4.99 Å². The summed E-state index contributed by atoms with van der Waals surface area (Å²) in [4.78, 5) is 4.02. The Morgan fingerprint density at radius 3 is 2.44 bits per heavy atom. The van der Waals surface area contributed by atoms with Gasteiger partial charge in [0.25, 0.3) is 0 Å². The Bertz CT molecular complexity index is 343. The first-order valence-electron chi connectivity index (χ1n) is 5.07. The van der Waals surface area contributed by atoms with Gasteiger partial charge in [0.15, 0.2) is 5.96 Å². The lowest BCUT2D eigenvalue weighted by Gasteiger charge is -2.10. The number of aliphatic imine (C=N–C) groups is 1. The third-order valence-corrected chi connectivity index (χ3v) is 3.37. The number of nitrogens with one attached hydrogen (secondary N) is 2. The summed E-state index contributed by atoms with van der Waals surface area (Å²) in [6, 6.07) is 0.495. The van der Waals surface area contributed by atoms with E-state index in [4.69, 9.17) is 0 Å². The molecule has 0 saturated heterocycles. The maximum absolute atomic E-state index is 10.9. The van der Waals surface area contributed by atoms with E-state index < -0.39 is 9.84 Å². The number of rotatable bonds is 4. The van der Waals surface area contributed by atoms with E-state index in [9.17, 15) is 8.42 Å². The third-order valence-electron chi connectivity index (χ3n) is 2.42. The van der Waals surface area contributed by atoms with E-state index in [1.165, 1.54) is 6.26 Å². The minimum absolute atomic E-state index is 0. The van der Waals surface area contributed by atoms with Gasteiger partial charge < -0.3 is 10.6 Å². The van der Waals surface area contributed by atoms with Gasteiger partial charge in [0.05, 0.1) is 5.75 Å². The SMILES string of the molecule is CN=C(NCCS(C)(=O)=O)NC1CC1C.I. The molecule has 1 aliphatic carbocycles. The molecule has 1 saturated carbocycles. The number of guanidine groups is 1. The molecule has 0 amide bonds. The highest BCUT2D eigenvalue weighted by atomic mass is 127. The molecule has 16 heavy (non-hydrogen) atoms. The molecule has 2 unspecified atom stereocenters. The minimum Gasteiger partial charge on any atom is -0.355 e. The molecule has 0 spiro atoms. The van der Waals surface area contributed by atoms with E-state index in [1.807, 2.05) is 0 Å². The van der Waals surface area contributed by atoms with E-state index in [0.29, 0.717) is 24.5 Å². The van der Waals surface area contributed by atoms with Gasteiger partial charge in [-0.2, -0.15) is 0 Å². The van der Waals surface area contributed by atoms with Gasteiger partial charge in [-0.1, -0.05) is 6.92 Å². The Morgan fingerprint density at radius 2 is 2.06 bits per heavy atom. The highest BCUT2D eigenvalue weighted by molar-refractivity contribution is 14.0. The molecule has 2 N–H and O–H groups in total. The molecule has 0 aromatic carbocycles. The quantitative estimate of drug-likeness (QED) is 0.427. The summed E-state index contributed by atoms with van der Waals surface area (Å²) in [5.41, 5.74) is 0. The summed E-state index contributed by atoms with van der Waals surface area (Å²) < 4.78 is 21.8. The first-order valence-corrected chi connectivity index (χ1v) is 7.13. The maximum atomic E-state index is 10.9. The first kappa shape index (κ1) is 16.0. The molecule has 7 heteroatoms. The standard InChI is InChI=1S/C9H19N3O2S.HI/c1-7-6-8(7)12-9(10-2)11-4-5-15(3,13)14;/h7-8H,4-6H2,1-3H3,(H2,10,11,12);1H. The van der Waals surface area contributed by atoms with Gasteiger partial charge in [-0.05, 0) is 12.3 Å². The van der Waals surface area contributed by atoms with Crippen molar-refractivity contribution in [2.24, 2.45) is 10.9 Å². The number of sulfone groups is 1. The number of hydrogen-bond acceptors (Lipinski definition) is 3. The van der Waals surface area contributed by atoms with E-state index in [1.54, 1.807) is 7.05 Å². The number of halogens is 1. The normalized spacial score (nSPS) is 24.6. The Hall–Kier alpha value is -0.0500. The lowest BCUT2D eigenvalue weighted by Crippen LogP contribution is -2.40. The maximum Gasteiger partial charge on any atom is 0.191 e. The van der Waals surface area contributed by atoms with Gasteiger partial charge in [0.1, 0.15) is 9.84 Å². The Labute approximate surface area is 114 Å². The van der Waals surface area contributed by atoms with Crippen molar-refractivity contribution in [1.29, 1.82) is 0 Å². The average molecular weight is 361 g/mol. The van der Waals surface area contributed by atoms with E-state index in [-0.39, 0.29) is 29.7 Å². The number of nitrogens with zero attached hydrogens (tertiary/aromatic N) is 1. The van der Waals surface area contributed by atoms with Crippen molar-refractivity contribution in [1.82, 2.24) is 10.6 Å². The minimum atomic E-state index is -2.90. The molecular weight excluding hydrogens is 341 g/mol. The van der Waals surface area contributed by atoms with Crippen LogP contribution < -0.4 is 10.6 Å². The molecule has 0 heterocycles. The zero-order chi connectivity index (χ0) is 11.5. The second kappa shape index (κ2) is 6.63. The van der Waals surface area contributed by atoms with Crippen LogP contribution in [0.5, 0.6) is 0 Å². The van der Waals surface area contributed by atoms with Gasteiger partial charge in [-0.25, -0.2) is 8.42 Å². The van der Waals surface area contributed by atoms with Crippen molar-refractivity contribution in [2.45, 2.75) is 19.4 Å².